The molecule has 0 radical (unpaired) electrons. The van der Waals surface area contributed by atoms with E-state index in [1.165, 1.54) is 17.0 Å². The number of nitrogens with zero attached hydrogens (tertiary/aromatic N) is 2. The molecule has 0 bridgehead atoms. The number of hydrogen-bond donors (Lipinski definition) is 2. The minimum Gasteiger partial charge on any atom is -0.367 e. The molecule has 0 saturated heterocycles. The molecule has 6 nitrogen and oxygen atoms in total. The van der Waals surface area contributed by atoms with Crippen molar-refractivity contribution in [1.82, 2.24) is 19.9 Å². The first-order valence-corrected chi connectivity index (χ1v) is 5.15. The molecular formula is C11H12N4O2. The molecule has 2 aromatic rings. The van der Waals surface area contributed by atoms with Crippen LogP contribution in [0.25, 0.3) is 0 Å². The summed E-state index contributed by atoms with van der Waals surface area (Å²) in [5.41, 5.74) is 0.557. The maximum absolute atomic E-state index is 11.6. The topological polar surface area (TPSA) is 79.8 Å². The molecule has 2 aromatic heterocycles. The maximum atomic E-state index is 11.6. The van der Waals surface area contributed by atoms with Gasteiger partial charge in [0, 0.05) is 31.3 Å². The Kier molecular flexibility index (Phi) is 3.34. The van der Waals surface area contributed by atoms with Gasteiger partial charge in [0.25, 0.3) is 0 Å². The van der Waals surface area contributed by atoms with Crippen LogP contribution in [0.1, 0.15) is 5.56 Å². The molecule has 0 saturated carbocycles. The number of rotatable bonds is 4. The molecule has 17 heavy (non-hydrogen) atoms. The van der Waals surface area contributed by atoms with Crippen molar-refractivity contribution >= 4 is 5.91 Å². The zero-order chi connectivity index (χ0) is 12.1. The summed E-state index contributed by atoms with van der Waals surface area (Å²) in [4.78, 5) is 29.3. The van der Waals surface area contributed by atoms with Gasteiger partial charge in [-0.25, -0.2) is 9.78 Å². The highest BCUT2D eigenvalue weighted by molar-refractivity contribution is 5.75. The fraction of sp³-hybridized carbons (Fsp3) is 0.182. The molecule has 0 atom stereocenters. The average molecular weight is 232 g/mol. The van der Waals surface area contributed by atoms with Crippen LogP contribution in [0.5, 0.6) is 0 Å². The number of hydrogen-bond acceptors (Lipinski definition) is 3. The average Bonchev–Trinajstić information content (AvgIpc) is 2.82. The van der Waals surface area contributed by atoms with Gasteiger partial charge in [0.1, 0.15) is 6.54 Å². The zero-order valence-corrected chi connectivity index (χ0v) is 9.09. The standard InChI is InChI=1S/C11H12N4O2/c16-10(14-7-9-2-4-12-6-9)8-15-5-1-3-13-11(15)17/h1-6,12H,7-8H2,(H,14,16). The lowest BCUT2D eigenvalue weighted by molar-refractivity contribution is -0.121. The van der Waals surface area contributed by atoms with Crippen LogP contribution in [0.3, 0.4) is 0 Å². The molecular weight excluding hydrogens is 220 g/mol. The third-order valence-electron chi connectivity index (χ3n) is 2.25. The van der Waals surface area contributed by atoms with Crippen molar-refractivity contribution in [2.45, 2.75) is 13.1 Å². The third kappa shape index (κ3) is 3.04. The van der Waals surface area contributed by atoms with Crippen LogP contribution in [0, 0.1) is 0 Å². The minimum absolute atomic E-state index is 0.0168. The van der Waals surface area contributed by atoms with E-state index in [2.05, 4.69) is 15.3 Å². The number of nitrogens with one attached hydrogen (secondary N) is 2. The molecule has 1 amide bonds. The molecule has 2 heterocycles. The largest absolute Gasteiger partial charge is 0.367 e. The first kappa shape index (κ1) is 11.1. The van der Waals surface area contributed by atoms with Crippen LogP contribution in [0.15, 0.2) is 41.7 Å². The van der Waals surface area contributed by atoms with Crippen LogP contribution in [0.2, 0.25) is 0 Å². The van der Waals surface area contributed by atoms with Gasteiger partial charge in [0.2, 0.25) is 5.91 Å². The van der Waals surface area contributed by atoms with E-state index in [0.29, 0.717) is 6.54 Å². The maximum Gasteiger partial charge on any atom is 0.347 e. The lowest BCUT2D eigenvalue weighted by atomic mass is 10.3. The molecule has 6 heteroatoms. The zero-order valence-electron chi connectivity index (χ0n) is 9.09. The molecule has 2 rings (SSSR count). The number of H-pyrrole nitrogens is 1. The number of amides is 1. The van der Waals surface area contributed by atoms with Crippen LogP contribution >= 0.6 is 0 Å². The Morgan fingerprint density at radius 1 is 1.53 bits per heavy atom. The normalized spacial score (nSPS) is 10.1. The summed E-state index contributed by atoms with van der Waals surface area (Å²) in [7, 11) is 0. The van der Waals surface area contributed by atoms with Crippen molar-refractivity contribution in [3.8, 4) is 0 Å². The third-order valence-corrected chi connectivity index (χ3v) is 2.25. The summed E-state index contributed by atoms with van der Waals surface area (Å²) in [5, 5.41) is 2.71. The van der Waals surface area contributed by atoms with Gasteiger partial charge < -0.3 is 10.3 Å². The summed E-state index contributed by atoms with van der Waals surface area (Å²) < 4.78 is 1.26. The van der Waals surface area contributed by atoms with Gasteiger partial charge in [-0.3, -0.25) is 9.36 Å². The van der Waals surface area contributed by atoms with E-state index in [0.717, 1.165) is 5.56 Å². The van der Waals surface area contributed by atoms with E-state index in [-0.39, 0.29) is 12.5 Å². The summed E-state index contributed by atoms with van der Waals surface area (Å²) >= 11 is 0. The quantitative estimate of drug-likeness (QED) is 0.771. The molecule has 0 aliphatic heterocycles. The monoisotopic (exact) mass is 232 g/mol. The van der Waals surface area contributed by atoms with Gasteiger partial charge >= 0.3 is 5.69 Å². The van der Waals surface area contributed by atoms with E-state index in [4.69, 9.17) is 0 Å². The van der Waals surface area contributed by atoms with Gasteiger partial charge in [0.05, 0.1) is 0 Å². The molecule has 0 spiro atoms. The second kappa shape index (κ2) is 5.11. The van der Waals surface area contributed by atoms with Crippen LogP contribution in [0.4, 0.5) is 0 Å². The van der Waals surface area contributed by atoms with Gasteiger partial charge in [-0.05, 0) is 17.7 Å². The molecule has 2 N–H and O–H groups in total. The molecule has 0 aliphatic carbocycles. The summed E-state index contributed by atoms with van der Waals surface area (Å²) in [5.74, 6) is -0.221. The van der Waals surface area contributed by atoms with Gasteiger partial charge in [0.15, 0.2) is 0 Å². The highest BCUT2D eigenvalue weighted by atomic mass is 16.2. The van der Waals surface area contributed by atoms with E-state index in [9.17, 15) is 9.59 Å². The van der Waals surface area contributed by atoms with Crippen molar-refractivity contribution in [3.63, 3.8) is 0 Å². The van der Waals surface area contributed by atoms with Crippen LogP contribution < -0.4 is 11.0 Å². The van der Waals surface area contributed by atoms with Crippen LogP contribution in [-0.4, -0.2) is 20.4 Å². The van der Waals surface area contributed by atoms with Crippen molar-refractivity contribution in [1.29, 1.82) is 0 Å². The highest BCUT2D eigenvalue weighted by Gasteiger charge is 2.04. The fourth-order valence-corrected chi connectivity index (χ4v) is 1.39. The Bertz CT molecular complexity index is 545. The minimum atomic E-state index is -0.427. The lowest BCUT2D eigenvalue weighted by Crippen LogP contribution is -2.32. The fourth-order valence-electron chi connectivity index (χ4n) is 1.39. The Hall–Kier alpha value is -2.37. The summed E-state index contributed by atoms with van der Waals surface area (Å²) in [6.07, 6.45) is 6.52. The summed E-state index contributed by atoms with van der Waals surface area (Å²) in [6.45, 7) is 0.425. The molecule has 0 aliphatic rings. The number of carbonyl (C=O) groups is 1. The van der Waals surface area contributed by atoms with Crippen molar-refractivity contribution in [2.75, 3.05) is 0 Å². The molecule has 88 valence electrons. The Balaban J connectivity index is 1.90. The first-order valence-electron chi connectivity index (χ1n) is 5.15. The number of carbonyl (C=O) groups excluding carboxylic acids is 1. The first-order chi connectivity index (χ1) is 8.25. The van der Waals surface area contributed by atoms with Crippen molar-refractivity contribution in [3.05, 3.63) is 53.0 Å². The predicted octanol–water partition coefficient (Wildman–Crippen LogP) is -0.112. The second-order valence-electron chi connectivity index (χ2n) is 3.53. The van der Waals surface area contributed by atoms with Gasteiger partial charge in [-0.1, -0.05) is 0 Å². The predicted molar refractivity (Wildman–Crippen MR) is 61.1 cm³/mol. The molecule has 0 aromatic carbocycles. The van der Waals surface area contributed by atoms with Gasteiger partial charge in [-0.15, -0.1) is 0 Å². The SMILES string of the molecule is O=C(Cn1cccnc1=O)NCc1cc[nH]c1. The smallest absolute Gasteiger partial charge is 0.347 e. The van der Waals surface area contributed by atoms with Crippen LogP contribution in [-0.2, 0) is 17.9 Å². The van der Waals surface area contributed by atoms with E-state index in [1.807, 2.05) is 6.07 Å². The number of aromatic amines is 1. The summed E-state index contributed by atoms with van der Waals surface area (Å²) in [6, 6.07) is 3.48. The Morgan fingerprint density at radius 2 is 2.41 bits per heavy atom. The second-order valence-corrected chi connectivity index (χ2v) is 3.53. The highest BCUT2D eigenvalue weighted by Crippen LogP contribution is 1.94. The van der Waals surface area contributed by atoms with E-state index < -0.39 is 5.69 Å². The van der Waals surface area contributed by atoms with E-state index in [1.54, 1.807) is 18.5 Å². The van der Waals surface area contributed by atoms with Crippen molar-refractivity contribution < 1.29 is 4.79 Å². The molecule has 0 fully saturated rings. The Labute approximate surface area is 97.3 Å². The number of aromatic nitrogens is 3. The Morgan fingerprint density at radius 3 is 3.12 bits per heavy atom. The van der Waals surface area contributed by atoms with Crippen molar-refractivity contribution in [2.24, 2.45) is 0 Å². The molecule has 0 unspecified atom stereocenters. The van der Waals surface area contributed by atoms with Gasteiger partial charge in [-0.2, -0.15) is 0 Å². The van der Waals surface area contributed by atoms with E-state index >= 15 is 0 Å². The lowest BCUT2D eigenvalue weighted by Gasteiger charge is -2.05.